The Hall–Kier alpha value is -0.930. The minimum atomic E-state index is -2.23. The van der Waals surface area contributed by atoms with Gasteiger partial charge in [-0.1, -0.05) is 0 Å². The molecular weight excluding hydrogens is 360 g/mol. The Kier molecular flexibility index (Phi) is 6.90. The Balaban J connectivity index is 2.28. The van der Waals surface area contributed by atoms with E-state index in [1.807, 2.05) is 0 Å². The van der Waals surface area contributed by atoms with Gasteiger partial charge in [0.1, 0.15) is 43.2 Å². The first-order valence-corrected chi connectivity index (χ1v) is 7.94. The van der Waals surface area contributed by atoms with Gasteiger partial charge in [0.25, 0.3) is 0 Å². The zero-order valence-corrected chi connectivity index (χ0v) is 13.9. The highest BCUT2D eigenvalue weighted by atomic mass is 16.8. The third-order valence-electron chi connectivity index (χ3n) is 4.33. The highest BCUT2D eigenvalue weighted by molar-refractivity contribution is 5.66. The lowest BCUT2D eigenvalue weighted by Gasteiger charge is -2.43. The van der Waals surface area contributed by atoms with Crippen LogP contribution in [0.5, 0.6) is 0 Å². The van der Waals surface area contributed by atoms with Gasteiger partial charge in [-0.05, 0) is 0 Å². The second kappa shape index (κ2) is 8.39. The van der Waals surface area contributed by atoms with Crippen molar-refractivity contribution in [3.05, 3.63) is 0 Å². The molecule has 5 unspecified atom stereocenters. The molecule has 2 heterocycles. The summed E-state index contributed by atoms with van der Waals surface area (Å²) in [6, 6.07) is 0. The quantitative estimate of drug-likeness (QED) is 0.216. The second-order valence-corrected chi connectivity index (χ2v) is 6.14. The summed E-state index contributed by atoms with van der Waals surface area (Å²) in [6.45, 7) is -1.35. The summed E-state index contributed by atoms with van der Waals surface area (Å²) in [4.78, 5) is 11.3. The molecule has 12 heteroatoms. The summed E-state index contributed by atoms with van der Waals surface area (Å²) in [5.41, 5.74) is 0. The lowest BCUT2D eigenvalue weighted by molar-refractivity contribution is -0.383. The van der Waals surface area contributed by atoms with Crippen LogP contribution in [-0.4, -0.2) is 116 Å². The molecule has 26 heavy (non-hydrogen) atoms. The van der Waals surface area contributed by atoms with Crippen LogP contribution in [0.2, 0.25) is 0 Å². The van der Waals surface area contributed by atoms with Crippen LogP contribution in [0.15, 0.2) is 0 Å². The maximum atomic E-state index is 11.3. The number of hydrogen-bond acceptors (Lipinski definition) is 12. The van der Waals surface area contributed by atoms with Crippen molar-refractivity contribution in [2.75, 3.05) is 19.8 Å². The van der Waals surface area contributed by atoms with Gasteiger partial charge in [0.2, 0.25) is 5.79 Å². The number of hydrogen-bond donors (Lipinski definition) is 7. The van der Waals surface area contributed by atoms with E-state index < -0.39 is 80.6 Å². The number of esters is 1. The molecule has 0 spiro atoms. The van der Waals surface area contributed by atoms with Gasteiger partial charge in [-0.3, -0.25) is 4.79 Å². The van der Waals surface area contributed by atoms with Gasteiger partial charge in [0.15, 0.2) is 12.4 Å². The normalized spacial score (nSPS) is 46.3. The average Bonchev–Trinajstić information content (AvgIpc) is 2.87. The second-order valence-electron chi connectivity index (χ2n) is 6.14. The monoisotopic (exact) mass is 384 g/mol. The Morgan fingerprint density at radius 2 is 1.58 bits per heavy atom. The Labute approximate surface area is 148 Å². The molecule has 0 bridgehead atoms. The Morgan fingerprint density at radius 1 is 0.962 bits per heavy atom. The molecule has 12 nitrogen and oxygen atoms in total. The third-order valence-corrected chi connectivity index (χ3v) is 4.33. The maximum absolute atomic E-state index is 11.3. The van der Waals surface area contributed by atoms with Crippen LogP contribution in [0.4, 0.5) is 0 Å². The minimum Gasteiger partial charge on any atom is -0.454 e. The molecule has 0 aliphatic carbocycles. The van der Waals surface area contributed by atoms with E-state index in [-0.39, 0.29) is 0 Å². The highest BCUT2D eigenvalue weighted by Gasteiger charge is 2.60. The van der Waals surface area contributed by atoms with Crippen molar-refractivity contribution < 1.29 is 59.5 Å². The van der Waals surface area contributed by atoms with Crippen molar-refractivity contribution >= 4 is 5.97 Å². The first-order chi connectivity index (χ1) is 12.2. The van der Waals surface area contributed by atoms with Gasteiger partial charge in [0.05, 0.1) is 13.2 Å². The Morgan fingerprint density at radius 3 is 2.08 bits per heavy atom. The van der Waals surface area contributed by atoms with Crippen molar-refractivity contribution in [2.45, 2.75) is 61.7 Å². The highest BCUT2D eigenvalue weighted by Crippen LogP contribution is 2.37. The number of rotatable bonds is 6. The summed E-state index contributed by atoms with van der Waals surface area (Å²) >= 11 is 0. The van der Waals surface area contributed by atoms with Crippen molar-refractivity contribution in [3.63, 3.8) is 0 Å². The van der Waals surface area contributed by atoms with Gasteiger partial charge in [0, 0.05) is 6.92 Å². The fourth-order valence-electron chi connectivity index (χ4n) is 2.95. The van der Waals surface area contributed by atoms with E-state index in [2.05, 4.69) is 0 Å². The molecule has 9 atom stereocenters. The van der Waals surface area contributed by atoms with E-state index in [9.17, 15) is 40.5 Å². The Bertz CT molecular complexity index is 487. The average molecular weight is 384 g/mol. The third kappa shape index (κ3) is 3.84. The van der Waals surface area contributed by atoms with Gasteiger partial charge >= 0.3 is 5.97 Å². The topological polar surface area (TPSA) is 196 Å². The lowest BCUT2D eigenvalue weighted by Crippen LogP contribution is -2.63. The first kappa shape index (κ1) is 21.4. The van der Waals surface area contributed by atoms with Crippen molar-refractivity contribution in [2.24, 2.45) is 0 Å². The zero-order valence-electron chi connectivity index (χ0n) is 13.9. The first-order valence-electron chi connectivity index (χ1n) is 7.94. The molecule has 0 aromatic carbocycles. The fourth-order valence-corrected chi connectivity index (χ4v) is 2.95. The standard InChI is InChI=1S/C14H24O12/c1-5(18)23-12-9(20)7(3-16)25-14(12,4-17)26-13-11(22)10(21)8(19)6(2-15)24-13/h6-13,15-17,19-22H,2-4H2,1H3/t6?,7-,8-,9?,10?,11?,12?,13+,14+/m1/s1. The molecule has 2 saturated heterocycles. The van der Waals surface area contributed by atoms with Gasteiger partial charge in [-0.2, -0.15) is 0 Å². The molecule has 0 saturated carbocycles. The molecular formula is C14H24O12. The molecule has 2 aliphatic rings. The van der Waals surface area contributed by atoms with E-state index in [0.29, 0.717) is 0 Å². The van der Waals surface area contributed by atoms with E-state index in [0.717, 1.165) is 6.92 Å². The van der Waals surface area contributed by atoms with E-state index in [4.69, 9.17) is 18.9 Å². The van der Waals surface area contributed by atoms with E-state index >= 15 is 0 Å². The van der Waals surface area contributed by atoms with Crippen molar-refractivity contribution in [1.29, 1.82) is 0 Å². The summed E-state index contributed by atoms with van der Waals surface area (Å²) in [5.74, 6) is -3.07. The molecule has 2 aliphatic heterocycles. The SMILES string of the molecule is CC(=O)OC1C(O)[C@@H](CO)O[C@@]1(CO)O[C@@H]1OC(CO)[C@@H](O)C(O)C1O. The summed E-state index contributed by atoms with van der Waals surface area (Å²) in [5, 5.41) is 68.0. The summed E-state index contributed by atoms with van der Waals surface area (Å²) < 4.78 is 20.8. The van der Waals surface area contributed by atoms with Gasteiger partial charge < -0.3 is 54.7 Å². The van der Waals surface area contributed by atoms with Crippen LogP contribution in [0.25, 0.3) is 0 Å². The molecule has 0 aromatic rings. The van der Waals surface area contributed by atoms with E-state index in [1.54, 1.807) is 0 Å². The number of aliphatic hydroxyl groups excluding tert-OH is 7. The van der Waals surface area contributed by atoms with Gasteiger partial charge in [-0.25, -0.2) is 0 Å². The number of ether oxygens (including phenoxy) is 4. The predicted octanol–water partition coefficient (Wildman–Crippen LogP) is -4.82. The molecule has 0 radical (unpaired) electrons. The lowest BCUT2D eigenvalue weighted by atomic mass is 9.99. The number of aliphatic hydroxyl groups is 7. The summed E-state index contributed by atoms with van der Waals surface area (Å²) in [7, 11) is 0. The van der Waals surface area contributed by atoms with E-state index in [1.165, 1.54) is 0 Å². The fraction of sp³-hybridized carbons (Fsp3) is 0.929. The summed E-state index contributed by atoms with van der Waals surface area (Å²) in [6.07, 6.45) is -12.7. The zero-order chi connectivity index (χ0) is 19.6. The smallest absolute Gasteiger partial charge is 0.303 e. The van der Waals surface area contributed by atoms with Crippen molar-refractivity contribution in [1.82, 2.24) is 0 Å². The molecule has 152 valence electrons. The van der Waals surface area contributed by atoms with Crippen LogP contribution in [-0.2, 0) is 23.7 Å². The van der Waals surface area contributed by atoms with Crippen LogP contribution in [0, 0.1) is 0 Å². The maximum Gasteiger partial charge on any atom is 0.303 e. The molecule has 7 N–H and O–H groups in total. The molecule has 0 aromatic heterocycles. The number of carbonyl (C=O) groups is 1. The van der Waals surface area contributed by atoms with Crippen molar-refractivity contribution in [3.8, 4) is 0 Å². The minimum absolute atomic E-state index is 0.696. The molecule has 0 amide bonds. The predicted molar refractivity (Wildman–Crippen MR) is 78.2 cm³/mol. The van der Waals surface area contributed by atoms with Crippen LogP contribution in [0.3, 0.4) is 0 Å². The van der Waals surface area contributed by atoms with Crippen LogP contribution >= 0.6 is 0 Å². The van der Waals surface area contributed by atoms with Crippen LogP contribution < -0.4 is 0 Å². The molecule has 2 rings (SSSR count). The van der Waals surface area contributed by atoms with Gasteiger partial charge in [-0.15, -0.1) is 0 Å². The number of carbonyl (C=O) groups excluding carboxylic acids is 1. The molecule has 2 fully saturated rings. The largest absolute Gasteiger partial charge is 0.454 e. The van der Waals surface area contributed by atoms with Crippen LogP contribution in [0.1, 0.15) is 6.92 Å².